The zero-order valence-electron chi connectivity index (χ0n) is 10.3. The maximum atomic E-state index is 10.9. The van der Waals surface area contributed by atoms with Crippen LogP contribution in [0.25, 0.3) is 0 Å². The molecule has 5 heteroatoms. The second-order valence-electron chi connectivity index (χ2n) is 3.86. The van der Waals surface area contributed by atoms with Crippen molar-refractivity contribution in [1.29, 1.82) is 0 Å². The summed E-state index contributed by atoms with van der Waals surface area (Å²) in [5.41, 5.74) is 1.47. The summed E-state index contributed by atoms with van der Waals surface area (Å²) in [6, 6.07) is 5.33. The van der Waals surface area contributed by atoms with Crippen LogP contribution in [0.3, 0.4) is 0 Å². The van der Waals surface area contributed by atoms with Gasteiger partial charge < -0.3 is 10.6 Å². The van der Waals surface area contributed by atoms with E-state index < -0.39 is 0 Å². The molecule has 0 bridgehead atoms. The number of para-hydroxylation sites is 1. The van der Waals surface area contributed by atoms with Crippen LogP contribution in [0.15, 0.2) is 18.2 Å². The third kappa shape index (κ3) is 4.03. The van der Waals surface area contributed by atoms with Crippen LogP contribution >= 0.6 is 0 Å². The van der Waals surface area contributed by atoms with E-state index in [1.807, 2.05) is 6.07 Å². The van der Waals surface area contributed by atoms with E-state index in [0.29, 0.717) is 11.3 Å². The highest BCUT2D eigenvalue weighted by Crippen LogP contribution is 2.27. The van der Waals surface area contributed by atoms with E-state index in [-0.39, 0.29) is 10.6 Å². The molecule has 0 aromatic heterocycles. The molecule has 0 saturated heterocycles. The Bertz CT molecular complexity index is 380. The van der Waals surface area contributed by atoms with Gasteiger partial charge in [0.15, 0.2) is 0 Å². The molecular formula is C12H19N3O2. The molecule has 0 aliphatic carbocycles. The predicted octanol–water partition coefficient (Wildman–Crippen LogP) is 2.31. The van der Waals surface area contributed by atoms with Crippen molar-refractivity contribution in [3.63, 3.8) is 0 Å². The second-order valence-corrected chi connectivity index (χ2v) is 3.86. The van der Waals surface area contributed by atoms with Crippen molar-refractivity contribution >= 4 is 11.4 Å². The van der Waals surface area contributed by atoms with Crippen molar-refractivity contribution in [2.24, 2.45) is 0 Å². The first kappa shape index (κ1) is 13.4. The van der Waals surface area contributed by atoms with Gasteiger partial charge in [0.2, 0.25) is 0 Å². The molecule has 17 heavy (non-hydrogen) atoms. The molecule has 1 rings (SSSR count). The van der Waals surface area contributed by atoms with E-state index in [1.165, 1.54) is 0 Å². The minimum Gasteiger partial charge on any atom is -0.379 e. The van der Waals surface area contributed by atoms with Gasteiger partial charge in [-0.15, -0.1) is 0 Å². The lowest BCUT2D eigenvalue weighted by molar-refractivity contribution is -0.384. The summed E-state index contributed by atoms with van der Waals surface area (Å²) in [6.07, 6.45) is 0.943. The SMILES string of the molecule is CCNCCCNc1cccc(C)c1[N+](=O)[O-]. The number of hydrogen-bond donors (Lipinski definition) is 2. The van der Waals surface area contributed by atoms with E-state index in [4.69, 9.17) is 0 Å². The molecule has 0 amide bonds. The van der Waals surface area contributed by atoms with Crippen molar-refractivity contribution in [2.75, 3.05) is 25.0 Å². The lowest BCUT2D eigenvalue weighted by Crippen LogP contribution is -2.17. The lowest BCUT2D eigenvalue weighted by atomic mass is 10.1. The Kier molecular flexibility index (Phi) is 5.42. The predicted molar refractivity (Wildman–Crippen MR) is 69.5 cm³/mol. The first-order valence-electron chi connectivity index (χ1n) is 5.85. The third-order valence-electron chi connectivity index (χ3n) is 2.52. The summed E-state index contributed by atoms with van der Waals surface area (Å²) >= 11 is 0. The van der Waals surface area contributed by atoms with Crippen LogP contribution in [-0.4, -0.2) is 24.6 Å². The lowest BCUT2D eigenvalue weighted by Gasteiger charge is -2.08. The van der Waals surface area contributed by atoms with Gasteiger partial charge in [0, 0.05) is 12.1 Å². The van der Waals surface area contributed by atoms with Crippen LogP contribution in [0.5, 0.6) is 0 Å². The Balaban J connectivity index is 2.58. The average Bonchev–Trinajstić information content (AvgIpc) is 2.28. The number of aryl methyl sites for hydroxylation is 1. The highest BCUT2D eigenvalue weighted by atomic mass is 16.6. The number of hydrogen-bond acceptors (Lipinski definition) is 4. The van der Waals surface area contributed by atoms with E-state index in [1.54, 1.807) is 19.1 Å². The fourth-order valence-corrected chi connectivity index (χ4v) is 1.66. The Labute approximate surface area is 101 Å². The van der Waals surface area contributed by atoms with E-state index in [0.717, 1.165) is 26.1 Å². The smallest absolute Gasteiger partial charge is 0.295 e. The average molecular weight is 237 g/mol. The van der Waals surface area contributed by atoms with Gasteiger partial charge in [-0.3, -0.25) is 10.1 Å². The summed E-state index contributed by atoms with van der Waals surface area (Å²) in [5, 5.41) is 17.3. The number of nitro benzene ring substituents is 1. The van der Waals surface area contributed by atoms with Gasteiger partial charge in [0.25, 0.3) is 5.69 Å². The molecule has 0 aliphatic rings. The van der Waals surface area contributed by atoms with Gasteiger partial charge in [-0.2, -0.15) is 0 Å². The number of nitro groups is 1. The third-order valence-corrected chi connectivity index (χ3v) is 2.52. The zero-order valence-corrected chi connectivity index (χ0v) is 10.3. The van der Waals surface area contributed by atoms with Gasteiger partial charge in [-0.25, -0.2) is 0 Å². The van der Waals surface area contributed by atoms with Crippen LogP contribution in [-0.2, 0) is 0 Å². The first-order chi connectivity index (χ1) is 8.16. The molecule has 0 unspecified atom stereocenters. The molecule has 2 N–H and O–H groups in total. The minimum atomic E-state index is -0.331. The van der Waals surface area contributed by atoms with Crippen molar-refractivity contribution in [2.45, 2.75) is 20.3 Å². The van der Waals surface area contributed by atoms with Crippen LogP contribution in [0.1, 0.15) is 18.9 Å². The molecule has 5 nitrogen and oxygen atoms in total. The van der Waals surface area contributed by atoms with Gasteiger partial charge in [0.05, 0.1) is 4.92 Å². The highest BCUT2D eigenvalue weighted by molar-refractivity contribution is 5.64. The number of benzene rings is 1. The fourth-order valence-electron chi connectivity index (χ4n) is 1.66. The van der Waals surface area contributed by atoms with Crippen LogP contribution in [0, 0.1) is 17.0 Å². The maximum Gasteiger partial charge on any atom is 0.295 e. The molecule has 1 aromatic rings. The molecule has 0 radical (unpaired) electrons. The van der Waals surface area contributed by atoms with Crippen molar-refractivity contribution in [3.05, 3.63) is 33.9 Å². The molecule has 1 aromatic carbocycles. The summed E-state index contributed by atoms with van der Waals surface area (Å²) < 4.78 is 0. The Hall–Kier alpha value is -1.62. The summed E-state index contributed by atoms with van der Waals surface area (Å²) in [6.45, 7) is 6.41. The van der Waals surface area contributed by atoms with Gasteiger partial charge in [-0.1, -0.05) is 19.1 Å². The van der Waals surface area contributed by atoms with E-state index in [2.05, 4.69) is 17.6 Å². The highest BCUT2D eigenvalue weighted by Gasteiger charge is 2.15. The second kappa shape index (κ2) is 6.85. The van der Waals surface area contributed by atoms with Crippen molar-refractivity contribution in [3.8, 4) is 0 Å². The monoisotopic (exact) mass is 237 g/mol. The Morgan fingerprint density at radius 1 is 1.35 bits per heavy atom. The normalized spacial score (nSPS) is 10.2. The first-order valence-corrected chi connectivity index (χ1v) is 5.85. The molecule has 0 atom stereocenters. The zero-order chi connectivity index (χ0) is 12.7. The molecule has 0 saturated carbocycles. The Morgan fingerprint density at radius 2 is 2.12 bits per heavy atom. The Morgan fingerprint density at radius 3 is 2.76 bits per heavy atom. The van der Waals surface area contributed by atoms with Gasteiger partial charge in [-0.05, 0) is 32.5 Å². The molecular weight excluding hydrogens is 218 g/mol. The van der Waals surface area contributed by atoms with Crippen molar-refractivity contribution < 1.29 is 4.92 Å². The van der Waals surface area contributed by atoms with E-state index in [9.17, 15) is 10.1 Å². The quantitative estimate of drug-likeness (QED) is 0.434. The minimum absolute atomic E-state index is 0.177. The largest absolute Gasteiger partial charge is 0.379 e. The van der Waals surface area contributed by atoms with Crippen LogP contribution < -0.4 is 10.6 Å². The summed E-state index contributed by atoms with van der Waals surface area (Å²) in [7, 11) is 0. The molecule has 0 spiro atoms. The molecule has 94 valence electrons. The van der Waals surface area contributed by atoms with Gasteiger partial charge in [0.1, 0.15) is 5.69 Å². The van der Waals surface area contributed by atoms with Crippen LogP contribution in [0.2, 0.25) is 0 Å². The number of nitrogens with zero attached hydrogens (tertiary/aromatic N) is 1. The summed E-state index contributed by atoms with van der Waals surface area (Å²) in [5.74, 6) is 0. The van der Waals surface area contributed by atoms with E-state index >= 15 is 0 Å². The molecule has 0 heterocycles. The maximum absolute atomic E-state index is 10.9. The fraction of sp³-hybridized carbons (Fsp3) is 0.500. The standard InChI is InChI=1S/C12H19N3O2/c1-3-13-8-5-9-14-11-7-4-6-10(2)12(11)15(16)17/h4,6-7,13-14H,3,5,8-9H2,1-2H3. The number of nitrogens with one attached hydrogen (secondary N) is 2. The van der Waals surface area contributed by atoms with Gasteiger partial charge >= 0.3 is 0 Å². The molecule has 0 aliphatic heterocycles. The molecule has 0 fully saturated rings. The topological polar surface area (TPSA) is 67.2 Å². The number of anilines is 1. The van der Waals surface area contributed by atoms with Crippen LogP contribution in [0.4, 0.5) is 11.4 Å². The summed E-state index contributed by atoms with van der Waals surface area (Å²) in [4.78, 5) is 10.6. The number of rotatable bonds is 7. The van der Waals surface area contributed by atoms with Crippen molar-refractivity contribution in [1.82, 2.24) is 5.32 Å².